The van der Waals surface area contributed by atoms with E-state index >= 15 is 0 Å². The van der Waals surface area contributed by atoms with Crippen LogP contribution in [-0.4, -0.2) is 52.6 Å². The fourth-order valence-electron chi connectivity index (χ4n) is 6.14. The number of fused-ring (bicyclic) bond motifs is 1. The van der Waals surface area contributed by atoms with Crippen LogP contribution < -0.4 is 4.90 Å². The summed E-state index contributed by atoms with van der Waals surface area (Å²) in [5.74, 6) is 7.96. The number of benzene rings is 1. The van der Waals surface area contributed by atoms with Crippen molar-refractivity contribution in [1.29, 1.82) is 10.8 Å². The van der Waals surface area contributed by atoms with Crippen LogP contribution in [0.4, 0.5) is 9.80 Å². The van der Waals surface area contributed by atoms with Gasteiger partial charge in [-0.05, 0) is 84.9 Å². The van der Waals surface area contributed by atoms with Crippen molar-refractivity contribution >= 4 is 39.8 Å². The van der Waals surface area contributed by atoms with Crippen LogP contribution in [0.3, 0.4) is 0 Å². The lowest BCUT2D eigenvalue weighted by Gasteiger charge is -2.57. The SMILES string of the molecule is CC(=N)N1C(=N)C2(CC2)N=C(c2ccc(C#CC3CC4(C3)CN(C(=O)OC(C)(C)C)C4)cc2)c2c1sc(C)c2C. The Morgan fingerprint density at radius 3 is 2.38 bits per heavy atom. The van der Waals surface area contributed by atoms with Crippen molar-refractivity contribution in [2.45, 2.75) is 78.4 Å². The quantitative estimate of drug-likeness (QED) is 0.238. The molecule has 1 amide bonds. The molecule has 2 spiro atoms. The van der Waals surface area contributed by atoms with Gasteiger partial charge in [0, 0.05) is 46.0 Å². The highest BCUT2D eigenvalue weighted by Gasteiger charge is 2.54. The van der Waals surface area contributed by atoms with Crippen molar-refractivity contribution in [3.05, 3.63) is 51.4 Å². The fraction of sp³-hybridized carbons (Fsp3) is 0.500. The molecular weight excluding hydrogens is 518 g/mol. The lowest BCUT2D eigenvalue weighted by molar-refractivity contribution is -0.0832. The van der Waals surface area contributed by atoms with Crippen LogP contribution in [0.5, 0.6) is 0 Å². The van der Waals surface area contributed by atoms with Crippen LogP contribution in [0.15, 0.2) is 29.3 Å². The molecule has 2 aliphatic heterocycles. The molecule has 4 aliphatic rings. The van der Waals surface area contributed by atoms with Gasteiger partial charge in [0.15, 0.2) is 0 Å². The van der Waals surface area contributed by atoms with Crippen molar-refractivity contribution in [3.63, 3.8) is 0 Å². The molecule has 3 heterocycles. The topological polar surface area (TPSA) is 92.8 Å². The number of carbonyl (C=O) groups is 1. The number of thiophene rings is 1. The Morgan fingerprint density at radius 1 is 1.15 bits per heavy atom. The summed E-state index contributed by atoms with van der Waals surface area (Å²) in [6, 6.07) is 8.32. The van der Waals surface area contributed by atoms with Gasteiger partial charge < -0.3 is 9.64 Å². The van der Waals surface area contributed by atoms with Gasteiger partial charge in [0.25, 0.3) is 0 Å². The van der Waals surface area contributed by atoms with Gasteiger partial charge in [0.2, 0.25) is 0 Å². The van der Waals surface area contributed by atoms with Gasteiger partial charge in [-0.1, -0.05) is 24.0 Å². The Balaban J connectivity index is 1.17. The number of nitrogens with one attached hydrogen (secondary N) is 2. The summed E-state index contributed by atoms with van der Waals surface area (Å²) in [7, 11) is 0. The van der Waals surface area contributed by atoms with E-state index in [-0.39, 0.29) is 11.5 Å². The molecule has 1 saturated heterocycles. The summed E-state index contributed by atoms with van der Waals surface area (Å²) in [6.07, 6.45) is 3.54. The molecule has 0 unspecified atom stereocenters. The smallest absolute Gasteiger partial charge is 0.410 e. The van der Waals surface area contributed by atoms with Crippen molar-refractivity contribution < 1.29 is 9.53 Å². The number of carbonyl (C=O) groups excluding carboxylic acids is 1. The number of aryl methyl sites for hydroxylation is 1. The first-order valence-electron chi connectivity index (χ1n) is 14.0. The predicted molar refractivity (Wildman–Crippen MR) is 161 cm³/mol. The molecule has 8 heteroatoms. The highest BCUT2D eigenvalue weighted by Crippen LogP contribution is 2.52. The lowest BCUT2D eigenvalue weighted by atomic mass is 9.58. The molecule has 6 rings (SSSR count). The van der Waals surface area contributed by atoms with Gasteiger partial charge in [-0.25, -0.2) is 4.79 Å². The molecule has 2 aromatic rings. The van der Waals surface area contributed by atoms with Crippen LogP contribution in [0.2, 0.25) is 0 Å². The second-order valence-electron chi connectivity index (χ2n) is 13.0. The van der Waals surface area contributed by atoms with Gasteiger partial charge in [-0.15, -0.1) is 11.3 Å². The standard InChI is InChI=1S/C32H37N5O2S/c1-19-20(2)40-27-25(19)26(35-32(13-14-32)28(34)37(27)21(3)33)24-11-9-22(10-12-24)7-8-23-15-31(16-23)17-36(18-31)29(38)39-30(4,5)6/h9-12,23,33-34H,13-18H2,1-6H3. The fourth-order valence-corrected chi connectivity index (χ4v) is 7.35. The van der Waals surface area contributed by atoms with E-state index < -0.39 is 11.1 Å². The van der Waals surface area contributed by atoms with Gasteiger partial charge >= 0.3 is 6.09 Å². The van der Waals surface area contributed by atoms with E-state index in [9.17, 15) is 4.79 Å². The number of aliphatic imine (C=N–C) groups is 1. The largest absolute Gasteiger partial charge is 0.444 e. The second-order valence-corrected chi connectivity index (χ2v) is 14.2. The van der Waals surface area contributed by atoms with E-state index in [2.05, 4.69) is 50.0 Å². The zero-order valence-corrected chi connectivity index (χ0v) is 25.0. The molecule has 2 N–H and O–H groups in total. The third-order valence-corrected chi connectivity index (χ3v) is 9.69. The molecule has 1 aromatic heterocycles. The normalized spacial score (nSPS) is 20.6. The summed E-state index contributed by atoms with van der Waals surface area (Å²) in [4.78, 5) is 22.2. The monoisotopic (exact) mass is 555 g/mol. The minimum absolute atomic E-state index is 0.212. The first kappa shape index (κ1) is 26.8. The number of likely N-dealkylation sites (tertiary alicyclic amines) is 1. The van der Waals surface area contributed by atoms with Gasteiger partial charge in [0.1, 0.15) is 27.8 Å². The van der Waals surface area contributed by atoms with Crippen molar-refractivity contribution in [3.8, 4) is 11.8 Å². The second kappa shape index (κ2) is 9.04. The number of hydrogen-bond donors (Lipinski definition) is 2. The average molecular weight is 556 g/mol. The highest BCUT2D eigenvalue weighted by atomic mass is 32.1. The molecule has 1 aromatic carbocycles. The molecule has 208 valence electrons. The van der Waals surface area contributed by atoms with Crippen LogP contribution >= 0.6 is 11.3 Å². The minimum atomic E-state index is -0.532. The van der Waals surface area contributed by atoms with Crippen LogP contribution in [0, 0.1) is 47.8 Å². The number of nitrogens with zero attached hydrogens (tertiary/aromatic N) is 3. The van der Waals surface area contributed by atoms with Gasteiger partial charge in [-0.2, -0.15) is 0 Å². The van der Waals surface area contributed by atoms with Gasteiger partial charge in [-0.3, -0.25) is 20.7 Å². The Kier molecular flexibility index (Phi) is 6.05. The van der Waals surface area contributed by atoms with E-state index in [1.54, 1.807) is 23.2 Å². The van der Waals surface area contributed by atoms with Crippen LogP contribution in [0.25, 0.3) is 0 Å². The summed E-state index contributed by atoms with van der Waals surface area (Å²) in [6.45, 7) is 13.2. The number of ether oxygens (including phenoxy) is 1. The average Bonchev–Trinajstić information content (AvgIpc) is 3.56. The number of hydrogen-bond acceptors (Lipinski definition) is 6. The minimum Gasteiger partial charge on any atom is -0.444 e. The first-order valence-corrected chi connectivity index (χ1v) is 14.9. The molecule has 2 aliphatic carbocycles. The van der Waals surface area contributed by atoms with Crippen molar-refractivity contribution in [2.24, 2.45) is 16.3 Å². The molecular formula is C32H37N5O2S. The Morgan fingerprint density at radius 2 is 1.80 bits per heavy atom. The van der Waals surface area contributed by atoms with E-state index in [1.807, 2.05) is 25.7 Å². The van der Waals surface area contributed by atoms with Crippen molar-refractivity contribution in [1.82, 2.24) is 4.90 Å². The molecule has 0 radical (unpaired) electrons. The first-order chi connectivity index (χ1) is 18.8. The van der Waals surface area contributed by atoms with Crippen molar-refractivity contribution in [2.75, 3.05) is 18.0 Å². The summed E-state index contributed by atoms with van der Waals surface area (Å²) >= 11 is 1.64. The van der Waals surface area contributed by atoms with E-state index in [0.29, 0.717) is 17.6 Å². The summed E-state index contributed by atoms with van der Waals surface area (Å²) < 4.78 is 5.49. The van der Waals surface area contributed by atoms with Crippen LogP contribution in [-0.2, 0) is 4.74 Å². The van der Waals surface area contributed by atoms with E-state index in [4.69, 9.17) is 20.5 Å². The maximum Gasteiger partial charge on any atom is 0.410 e. The molecule has 40 heavy (non-hydrogen) atoms. The third kappa shape index (κ3) is 4.54. The lowest BCUT2D eigenvalue weighted by Crippen LogP contribution is -2.64. The van der Waals surface area contributed by atoms with Gasteiger partial charge in [0.05, 0.1) is 5.71 Å². The molecule has 0 bridgehead atoms. The maximum absolute atomic E-state index is 12.3. The summed E-state index contributed by atoms with van der Waals surface area (Å²) in [5, 5.41) is 18.3. The molecule has 2 saturated carbocycles. The number of anilines is 1. The predicted octanol–water partition coefficient (Wildman–Crippen LogP) is 6.53. The molecule has 0 atom stereocenters. The zero-order chi connectivity index (χ0) is 28.6. The molecule has 3 fully saturated rings. The van der Waals surface area contributed by atoms with E-state index in [0.717, 1.165) is 66.2 Å². The van der Waals surface area contributed by atoms with Crippen LogP contribution in [0.1, 0.15) is 80.5 Å². The summed E-state index contributed by atoms with van der Waals surface area (Å²) in [5.41, 5.74) is 4.36. The Hall–Kier alpha value is -3.44. The number of amidine groups is 2. The third-order valence-electron chi connectivity index (χ3n) is 8.50. The maximum atomic E-state index is 12.3. The zero-order valence-electron chi connectivity index (χ0n) is 24.2. The Labute approximate surface area is 240 Å². The number of amides is 1. The van der Waals surface area contributed by atoms with E-state index in [1.165, 1.54) is 10.4 Å². The Bertz CT molecular complexity index is 1510. The highest BCUT2D eigenvalue weighted by molar-refractivity contribution is 7.17. The molecule has 7 nitrogen and oxygen atoms in total. The number of rotatable bonds is 1.